The van der Waals surface area contributed by atoms with Gasteiger partial charge in [0.2, 0.25) is 10.0 Å². The monoisotopic (exact) mass is 594 g/mol. The molecule has 218 valence electrons. The van der Waals surface area contributed by atoms with Crippen LogP contribution in [-0.4, -0.2) is 94.8 Å². The van der Waals surface area contributed by atoms with Gasteiger partial charge in [0, 0.05) is 52.5 Å². The number of para-hydroxylation sites is 1. The molecule has 0 unspecified atom stereocenters. The Morgan fingerprint density at radius 2 is 1.55 bits per heavy atom. The van der Waals surface area contributed by atoms with Crippen LogP contribution in [0, 0.1) is 0 Å². The van der Waals surface area contributed by atoms with Crippen molar-refractivity contribution >= 4 is 38.0 Å². The normalized spacial score (nSPS) is 16.6. The molecule has 0 spiro atoms. The Kier molecular flexibility index (Phi) is 8.18. The number of hydrogen-bond acceptors (Lipinski definition) is 8. The van der Waals surface area contributed by atoms with Crippen LogP contribution < -0.4 is 9.08 Å². The highest BCUT2D eigenvalue weighted by molar-refractivity contribution is 7.89. The van der Waals surface area contributed by atoms with Crippen LogP contribution in [0.3, 0.4) is 0 Å². The van der Waals surface area contributed by atoms with E-state index in [1.165, 1.54) is 46.4 Å². The van der Waals surface area contributed by atoms with E-state index in [1.54, 1.807) is 45.0 Å². The van der Waals surface area contributed by atoms with Crippen LogP contribution in [0.1, 0.15) is 36.7 Å². The molecule has 14 heteroatoms. The van der Waals surface area contributed by atoms with E-state index >= 15 is 0 Å². The van der Waals surface area contributed by atoms with Crippen LogP contribution >= 0.6 is 0 Å². The molecule has 12 nitrogen and oxygen atoms in total. The predicted octanol–water partition coefficient (Wildman–Crippen LogP) is 2.32. The van der Waals surface area contributed by atoms with Gasteiger partial charge in [0.05, 0.1) is 10.5 Å². The third kappa shape index (κ3) is 6.24. The lowest BCUT2D eigenvalue weighted by atomic mass is 10.1. The summed E-state index contributed by atoms with van der Waals surface area (Å²) in [5.41, 5.74) is 0.657. The minimum atomic E-state index is -4.08. The molecule has 0 aliphatic carbocycles. The fourth-order valence-corrected chi connectivity index (χ4v) is 6.38. The first kappa shape index (κ1) is 29.8. The maximum Gasteiger partial charge on any atom is 0.410 e. The van der Waals surface area contributed by atoms with E-state index in [0.29, 0.717) is 24.2 Å². The van der Waals surface area contributed by atoms with Gasteiger partial charge in [-0.25, -0.2) is 13.2 Å². The quantitative estimate of drug-likeness (QED) is 0.498. The number of ether oxygens (including phenoxy) is 1. The van der Waals surface area contributed by atoms with Crippen LogP contribution in [0.25, 0.3) is 0 Å². The van der Waals surface area contributed by atoms with Gasteiger partial charge in [0.25, 0.3) is 5.91 Å². The summed E-state index contributed by atoms with van der Waals surface area (Å²) in [5, 5.41) is 0. The average molecular weight is 595 g/mol. The lowest BCUT2D eigenvalue weighted by Gasteiger charge is -2.35. The van der Waals surface area contributed by atoms with E-state index in [0.717, 1.165) is 4.31 Å². The van der Waals surface area contributed by atoms with Gasteiger partial charge in [-0.2, -0.15) is 17.0 Å². The number of piperazine rings is 1. The second kappa shape index (κ2) is 11.0. The Balaban J connectivity index is 1.50. The number of carbonyl (C=O) groups excluding carboxylic acids is 2. The number of sulfonamides is 1. The summed E-state index contributed by atoms with van der Waals surface area (Å²) < 4.78 is 64.1. The molecule has 0 N–H and O–H groups in total. The zero-order valence-corrected chi connectivity index (χ0v) is 24.8. The summed E-state index contributed by atoms with van der Waals surface area (Å²) in [4.78, 5) is 28.9. The molecule has 0 bridgehead atoms. The van der Waals surface area contributed by atoms with E-state index in [2.05, 4.69) is 0 Å². The van der Waals surface area contributed by atoms with Gasteiger partial charge in [-0.15, -0.1) is 0 Å². The highest BCUT2D eigenvalue weighted by Crippen LogP contribution is 2.34. The molecule has 2 heterocycles. The van der Waals surface area contributed by atoms with Crippen molar-refractivity contribution in [1.82, 2.24) is 13.5 Å². The summed E-state index contributed by atoms with van der Waals surface area (Å²) >= 11 is 0. The molecular weight excluding hydrogens is 560 g/mol. The molecule has 2 amide bonds. The molecule has 1 fully saturated rings. The minimum absolute atomic E-state index is 0.0698. The number of benzene rings is 2. The van der Waals surface area contributed by atoms with Crippen molar-refractivity contribution in [2.45, 2.75) is 37.7 Å². The van der Waals surface area contributed by atoms with Crippen molar-refractivity contribution in [3.8, 4) is 5.75 Å². The fraction of sp³-hybridized carbons (Fsp3) is 0.462. The number of hydrogen-bond donors (Lipinski definition) is 0. The summed E-state index contributed by atoms with van der Waals surface area (Å²) in [6.45, 7) is 6.31. The maximum absolute atomic E-state index is 13.5. The molecular formula is C26H34N4O8S2. The van der Waals surface area contributed by atoms with Gasteiger partial charge >= 0.3 is 16.4 Å². The number of carbonyl (C=O) groups is 2. The summed E-state index contributed by atoms with van der Waals surface area (Å²) in [6, 6.07) is 10.7. The average Bonchev–Trinajstić information content (AvgIpc) is 3.31. The first-order valence-corrected chi connectivity index (χ1v) is 15.5. The number of nitrogens with zero attached hydrogens (tertiary/aromatic N) is 4. The molecule has 40 heavy (non-hydrogen) atoms. The summed E-state index contributed by atoms with van der Waals surface area (Å²) in [7, 11) is -5.27. The standard InChI is InChI=1S/C26H34N4O8S2/c1-26(2,3)37-25(32)28-14-16-29(17-15-28)39(33,34)20-10-11-22-19(18-20)12-13-30(22)24(31)21-8-6-7-9-23(21)38-40(35,36)27(4)5/h6-11,18H,12-17H2,1-5H3. The molecule has 0 saturated carbocycles. The van der Waals surface area contributed by atoms with E-state index < -0.39 is 37.9 Å². The second-order valence-corrected chi connectivity index (χ2v) is 14.4. The van der Waals surface area contributed by atoms with Crippen molar-refractivity contribution in [3.05, 3.63) is 53.6 Å². The number of fused-ring (bicyclic) bond motifs is 1. The minimum Gasteiger partial charge on any atom is -0.444 e. The van der Waals surface area contributed by atoms with Crippen LogP contribution in [0.5, 0.6) is 5.75 Å². The Hall–Kier alpha value is -3.20. The van der Waals surface area contributed by atoms with Crippen LogP contribution in [0.15, 0.2) is 47.4 Å². The summed E-state index contributed by atoms with van der Waals surface area (Å²) in [6.07, 6.45) is -0.0475. The van der Waals surface area contributed by atoms with Crippen molar-refractivity contribution < 1.29 is 35.3 Å². The van der Waals surface area contributed by atoms with Gasteiger partial charge in [-0.05, 0) is 63.1 Å². The van der Waals surface area contributed by atoms with E-state index in [9.17, 15) is 26.4 Å². The highest BCUT2D eigenvalue weighted by Gasteiger charge is 2.34. The largest absolute Gasteiger partial charge is 0.444 e. The van der Waals surface area contributed by atoms with Gasteiger partial charge < -0.3 is 18.7 Å². The van der Waals surface area contributed by atoms with E-state index in [4.69, 9.17) is 8.92 Å². The van der Waals surface area contributed by atoms with Gasteiger partial charge in [-0.3, -0.25) is 4.79 Å². The van der Waals surface area contributed by atoms with Gasteiger partial charge in [0.1, 0.15) is 5.60 Å². The third-order valence-electron chi connectivity index (χ3n) is 6.48. The first-order valence-electron chi connectivity index (χ1n) is 12.7. The smallest absolute Gasteiger partial charge is 0.410 e. The molecule has 0 radical (unpaired) electrons. The van der Waals surface area contributed by atoms with Crippen LogP contribution in [0.2, 0.25) is 0 Å². The van der Waals surface area contributed by atoms with Crippen molar-refractivity contribution in [3.63, 3.8) is 0 Å². The maximum atomic E-state index is 13.5. The first-order chi connectivity index (χ1) is 18.6. The zero-order chi connectivity index (χ0) is 29.5. The lowest BCUT2D eigenvalue weighted by molar-refractivity contribution is 0.0192. The molecule has 2 aliphatic rings. The Labute approximate surface area is 235 Å². The van der Waals surface area contributed by atoms with Crippen molar-refractivity contribution in [2.75, 3.05) is 51.7 Å². The number of amides is 2. The SMILES string of the molecule is CN(C)S(=O)(=O)Oc1ccccc1C(=O)N1CCc2cc(S(=O)(=O)N3CCN(C(=O)OC(C)(C)C)CC3)ccc21. The predicted molar refractivity (Wildman–Crippen MR) is 148 cm³/mol. The molecule has 0 aromatic heterocycles. The lowest BCUT2D eigenvalue weighted by Crippen LogP contribution is -2.51. The van der Waals surface area contributed by atoms with Crippen LogP contribution in [0.4, 0.5) is 10.5 Å². The van der Waals surface area contributed by atoms with E-state index in [1.807, 2.05) is 0 Å². The van der Waals surface area contributed by atoms with Crippen LogP contribution in [-0.2, 0) is 31.5 Å². The Morgan fingerprint density at radius 3 is 2.17 bits per heavy atom. The molecule has 2 aliphatic heterocycles. The Morgan fingerprint density at radius 1 is 0.900 bits per heavy atom. The van der Waals surface area contributed by atoms with Crippen molar-refractivity contribution in [1.29, 1.82) is 0 Å². The second-order valence-electron chi connectivity index (χ2n) is 10.7. The molecule has 4 rings (SSSR count). The van der Waals surface area contributed by atoms with E-state index in [-0.39, 0.29) is 42.4 Å². The van der Waals surface area contributed by atoms with Gasteiger partial charge in [-0.1, -0.05) is 12.1 Å². The molecule has 1 saturated heterocycles. The highest BCUT2D eigenvalue weighted by atomic mass is 32.2. The molecule has 2 aromatic rings. The van der Waals surface area contributed by atoms with Gasteiger partial charge in [0.15, 0.2) is 5.75 Å². The zero-order valence-electron chi connectivity index (χ0n) is 23.2. The topological polar surface area (TPSA) is 134 Å². The molecule has 0 atom stereocenters. The molecule has 2 aromatic carbocycles. The Bertz CT molecular complexity index is 1510. The fourth-order valence-electron chi connectivity index (χ4n) is 4.39. The number of rotatable bonds is 6. The summed E-state index contributed by atoms with van der Waals surface area (Å²) in [5.74, 6) is -0.559. The van der Waals surface area contributed by atoms with Crippen molar-refractivity contribution in [2.24, 2.45) is 0 Å². The number of anilines is 1. The third-order valence-corrected chi connectivity index (χ3v) is 9.66.